The van der Waals surface area contributed by atoms with Crippen LogP contribution in [0.1, 0.15) is 40.2 Å². The van der Waals surface area contributed by atoms with E-state index in [4.69, 9.17) is 0 Å². The molecule has 0 saturated carbocycles. The van der Waals surface area contributed by atoms with Crippen molar-refractivity contribution in [2.75, 3.05) is 13.1 Å². The van der Waals surface area contributed by atoms with E-state index >= 15 is 0 Å². The van der Waals surface area contributed by atoms with Gasteiger partial charge in [-0.1, -0.05) is 6.07 Å². The van der Waals surface area contributed by atoms with Crippen LogP contribution in [0.15, 0.2) is 23.7 Å². The van der Waals surface area contributed by atoms with E-state index in [1.807, 2.05) is 24.6 Å². The van der Waals surface area contributed by atoms with Crippen LogP contribution < -0.4 is 10.6 Å². The first-order valence-electron chi connectivity index (χ1n) is 7.74. The molecule has 2 amide bonds. The molecule has 0 aliphatic rings. The highest BCUT2D eigenvalue weighted by molar-refractivity contribution is 7.12. The Labute approximate surface area is 139 Å². The highest BCUT2D eigenvalue weighted by Crippen LogP contribution is 2.07. The van der Waals surface area contributed by atoms with E-state index in [1.54, 1.807) is 6.07 Å². The molecule has 0 aliphatic carbocycles. The van der Waals surface area contributed by atoms with Gasteiger partial charge in [-0.3, -0.25) is 14.7 Å². The lowest BCUT2D eigenvalue weighted by Gasteiger charge is -2.06. The van der Waals surface area contributed by atoms with E-state index < -0.39 is 0 Å². The first kappa shape index (κ1) is 17.2. The maximum absolute atomic E-state index is 11.7. The molecule has 2 aromatic heterocycles. The maximum Gasteiger partial charge on any atom is 0.261 e. The quantitative estimate of drug-likeness (QED) is 0.613. The van der Waals surface area contributed by atoms with E-state index in [0.717, 1.165) is 18.5 Å². The van der Waals surface area contributed by atoms with Crippen LogP contribution in [0.4, 0.5) is 0 Å². The molecule has 0 aliphatic heterocycles. The van der Waals surface area contributed by atoms with Crippen molar-refractivity contribution in [3.8, 4) is 0 Å². The molecule has 0 bridgehead atoms. The molecule has 2 aromatic rings. The Morgan fingerprint density at radius 3 is 2.78 bits per heavy atom. The van der Waals surface area contributed by atoms with Gasteiger partial charge in [0.25, 0.3) is 5.91 Å². The van der Waals surface area contributed by atoms with Crippen LogP contribution in [0, 0.1) is 6.92 Å². The number of rotatable bonds is 9. The van der Waals surface area contributed by atoms with E-state index in [2.05, 4.69) is 20.8 Å². The van der Waals surface area contributed by atoms with Crippen LogP contribution in [-0.2, 0) is 11.2 Å². The number of aryl methyl sites for hydroxylation is 2. The van der Waals surface area contributed by atoms with Gasteiger partial charge in [0.05, 0.1) is 11.1 Å². The van der Waals surface area contributed by atoms with Crippen molar-refractivity contribution in [1.29, 1.82) is 0 Å². The number of thiophene rings is 1. The number of aromatic nitrogens is 2. The molecule has 0 radical (unpaired) electrons. The lowest BCUT2D eigenvalue weighted by atomic mass is 10.1. The van der Waals surface area contributed by atoms with Crippen LogP contribution in [0.2, 0.25) is 0 Å². The maximum atomic E-state index is 11.7. The van der Waals surface area contributed by atoms with Crippen LogP contribution in [0.3, 0.4) is 0 Å². The molecular formula is C16H22N4O2S. The van der Waals surface area contributed by atoms with Crippen LogP contribution >= 0.6 is 11.3 Å². The number of nitrogens with one attached hydrogen (secondary N) is 3. The monoisotopic (exact) mass is 334 g/mol. The average molecular weight is 334 g/mol. The summed E-state index contributed by atoms with van der Waals surface area (Å²) in [6.45, 7) is 3.16. The topological polar surface area (TPSA) is 86.9 Å². The molecule has 2 rings (SSSR count). The smallest absolute Gasteiger partial charge is 0.261 e. The molecule has 3 N–H and O–H groups in total. The minimum atomic E-state index is -0.0732. The zero-order valence-corrected chi connectivity index (χ0v) is 14.0. The molecule has 0 aromatic carbocycles. The molecule has 0 spiro atoms. The minimum absolute atomic E-state index is 0.0271. The summed E-state index contributed by atoms with van der Waals surface area (Å²) in [5, 5.41) is 14.5. The molecule has 23 heavy (non-hydrogen) atoms. The van der Waals surface area contributed by atoms with Gasteiger partial charge in [-0.15, -0.1) is 11.3 Å². The fraction of sp³-hybridized carbons (Fsp3) is 0.438. The Morgan fingerprint density at radius 2 is 2.09 bits per heavy atom. The van der Waals surface area contributed by atoms with Gasteiger partial charge in [0.15, 0.2) is 0 Å². The van der Waals surface area contributed by atoms with Gasteiger partial charge in [-0.05, 0) is 43.2 Å². The molecule has 0 fully saturated rings. The number of hydrogen-bond donors (Lipinski definition) is 3. The van der Waals surface area contributed by atoms with Gasteiger partial charge in [0.1, 0.15) is 0 Å². The van der Waals surface area contributed by atoms with Gasteiger partial charge >= 0.3 is 0 Å². The fourth-order valence-corrected chi connectivity index (χ4v) is 2.81. The van der Waals surface area contributed by atoms with Crippen LogP contribution in [0.5, 0.6) is 0 Å². The van der Waals surface area contributed by atoms with E-state index in [-0.39, 0.29) is 11.8 Å². The predicted octanol–water partition coefficient (Wildman–Crippen LogP) is 2.04. The second kappa shape index (κ2) is 9.09. The van der Waals surface area contributed by atoms with Crippen molar-refractivity contribution in [2.24, 2.45) is 0 Å². The Balaban J connectivity index is 1.50. The second-order valence-corrected chi connectivity index (χ2v) is 6.26. The summed E-state index contributed by atoms with van der Waals surface area (Å²) >= 11 is 1.41. The second-order valence-electron chi connectivity index (χ2n) is 5.31. The van der Waals surface area contributed by atoms with Crippen molar-refractivity contribution in [1.82, 2.24) is 20.8 Å². The van der Waals surface area contributed by atoms with E-state index in [1.165, 1.54) is 16.9 Å². The van der Waals surface area contributed by atoms with Gasteiger partial charge < -0.3 is 10.6 Å². The van der Waals surface area contributed by atoms with Crippen molar-refractivity contribution in [3.05, 3.63) is 39.8 Å². The minimum Gasteiger partial charge on any atom is -0.356 e. The number of amides is 2. The molecular weight excluding hydrogens is 312 g/mol. The van der Waals surface area contributed by atoms with Crippen molar-refractivity contribution in [3.63, 3.8) is 0 Å². The lowest BCUT2D eigenvalue weighted by Crippen LogP contribution is -2.27. The van der Waals surface area contributed by atoms with Gasteiger partial charge in [0, 0.05) is 25.2 Å². The summed E-state index contributed by atoms with van der Waals surface area (Å²) < 4.78 is 0. The van der Waals surface area contributed by atoms with Crippen LogP contribution in [-0.4, -0.2) is 35.1 Å². The third kappa shape index (κ3) is 5.86. The van der Waals surface area contributed by atoms with Crippen molar-refractivity contribution >= 4 is 23.2 Å². The number of hydrogen-bond acceptors (Lipinski definition) is 4. The summed E-state index contributed by atoms with van der Waals surface area (Å²) in [5.74, 6) is -0.0461. The van der Waals surface area contributed by atoms with Gasteiger partial charge in [-0.2, -0.15) is 5.10 Å². The third-order valence-electron chi connectivity index (χ3n) is 3.49. The molecule has 0 unspecified atom stereocenters. The number of H-pyrrole nitrogens is 1. The normalized spacial score (nSPS) is 10.5. The number of aromatic amines is 1. The van der Waals surface area contributed by atoms with Crippen molar-refractivity contribution in [2.45, 2.75) is 32.6 Å². The zero-order valence-electron chi connectivity index (χ0n) is 13.2. The Hall–Kier alpha value is -2.15. The molecule has 2 heterocycles. The summed E-state index contributed by atoms with van der Waals surface area (Å²) in [6.07, 6.45) is 4.69. The van der Waals surface area contributed by atoms with E-state index in [0.29, 0.717) is 30.8 Å². The summed E-state index contributed by atoms with van der Waals surface area (Å²) in [7, 11) is 0. The molecule has 7 heteroatoms. The summed E-state index contributed by atoms with van der Waals surface area (Å²) in [4.78, 5) is 24.1. The predicted molar refractivity (Wildman–Crippen MR) is 90.5 cm³/mol. The number of nitrogens with zero attached hydrogens (tertiary/aromatic N) is 1. The third-order valence-corrected chi connectivity index (χ3v) is 4.36. The zero-order chi connectivity index (χ0) is 16.5. The first-order valence-corrected chi connectivity index (χ1v) is 8.62. The van der Waals surface area contributed by atoms with Gasteiger partial charge in [0.2, 0.25) is 5.91 Å². The Morgan fingerprint density at radius 1 is 1.26 bits per heavy atom. The fourth-order valence-electron chi connectivity index (χ4n) is 2.17. The van der Waals surface area contributed by atoms with Crippen LogP contribution in [0.25, 0.3) is 0 Å². The van der Waals surface area contributed by atoms with E-state index in [9.17, 15) is 9.59 Å². The largest absolute Gasteiger partial charge is 0.356 e. The Bertz CT molecular complexity index is 622. The number of carbonyl (C=O) groups excluding carboxylic acids is 2. The SMILES string of the molecule is Cc1[nH]ncc1CCCNC(=O)CCCNC(=O)c1cccs1. The average Bonchev–Trinajstić information content (AvgIpc) is 3.20. The molecule has 6 nitrogen and oxygen atoms in total. The molecule has 124 valence electrons. The van der Waals surface area contributed by atoms with Gasteiger partial charge in [-0.25, -0.2) is 0 Å². The summed E-state index contributed by atoms with van der Waals surface area (Å²) in [5.41, 5.74) is 2.27. The summed E-state index contributed by atoms with van der Waals surface area (Å²) in [6, 6.07) is 3.63. The highest BCUT2D eigenvalue weighted by atomic mass is 32.1. The number of carbonyl (C=O) groups is 2. The highest BCUT2D eigenvalue weighted by Gasteiger charge is 2.06. The molecule has 0 saturated heterocycles. The molecule has 0 atom stereocenters. The first-order chi connectivity index (χ1) is 11.2. The van der Waals surface area contributed by atoms with Crippen molar-refractivity contribution < 1.29 is 9.59 Å². The Kier molecular flexibility index (Phi) is 6.80. The lowest BCUT2D eigenvalue weighted by molar-refractivity contribution is -0.121. The standard InChI is InChI=1S/C16H22N4O2S/c1-12-13(11-19-20-12)5-2-8-17-15(21)7-3-9-18-16(22)14-6-4-10-23-14/h4,6,10-11H,2-3,5,7-9H2,1H3,(H,17,21)(H,18,22)(H,19,20).